The molecular weight excluding hydrogens is 255 g/mol. The summed E-state index contributed by atoms with van der Waals surface area (Å²) < 4.78 is 28.0. The van der Waals surface area contributed by atoms with E-state index in [1.54, 1.807) is 7.11 Å². The van der Waals surface area contributed by atoms with Crippen LogP contribution in [-0.2, 0) is 9.47 Å². The Morgan fingerprint density at radius 1 is 1.37 bits per heavy atom. The largest absolute Gasteiger partial charge is 0.490 e. The van der Waals surface area contributed by atoms with E-state index in [0.717, 1.165) is 6.07 Å². The van der Waals surface area contributed by atoms with Gasteiger partial charge in [-0.25, -0.2) is 4.39 Å². The molecule has 0 fully saturated rings. The van der Waals surface area contributed by atoms with Crippen molar-refractivity contribution in [2.75, 3.05) is 33.5 Å². The quantitative estimate of drug-likeness (QED) is 0.537. The predicted molar refractivity (Wildman–Crippen MR) is 66.0 cm³/mol. The van der Waals surface area contributed by atoms with E-state index in [0.29, 0.717) is 19.5 Å². The highest BCUT2D eigenvalue weighted by Crippen LogP contribution is 2.17. The maximum Gasteiger partial charge on any atom is 0.153 e. The van der Waals surface area contributed by atoms with E-state index >= 15 is 0 Å². The third-order valence-electron chi connectivity index (χ3n) is 2.27. The summed E-state index contributed by atoms with van der Waals surface area (Å²) in [5.41, 5.74) is 0.104. The van der Waals surface area contributed by atoms with Crippen molar-refractivity contribution in [3.63, 3.8) is 0 Å². The molecule has 5 nitrogen and oxygen atoms in total. The monoisotopic (exact) mass is 272 g/mol. The molecule has 0 bridgehead atoms. The number of aliphatic hydroxyl groups is 1. The second-order valence-electron chi connectivity index (χ2n) is 3.83. The highest BCUT2D eigenvalue weighted by molar-refractivity contribution is 5.79. The van der Waals surface area contributed by atoms with E-state index in [9.17, 15) is 14.3 Å². The number of hydrogen-bond donors (Lipinski definition) is 1. The van der Waals surface area contributed by atoms with Crippen molar-refractivity contribution in [1.82, 2.24) is 0 Å². The Labute approximate surface area is 110 Å². The predicted octanol–water partition coefficient (Wildman–Crippen LogP) is 1.04. The van der Waals surface area contributed by atoms with Crippen molar-refractivity contribution in [3.8, 4) is 5.75 Å². The van der Waals surface area contributed by atoms with E-state index in [4.69, 9.17) is 14.2 Å². The number of benzene rings is 1. The van der Waals surface area contributed by atoms with Gasteiger partial charge < -0.3 is 19.3 Å². The summed E-state index contributed by atoms with van der Waals surface area (Å²) in [6.45, 7) is 0.880. The molecule has 6 heteroatoms. The number of aldehydes is 1. The van der Waals surface area contributed by atoms with Crippen LogP contribution >= 0.6 is 0 Å². The zero-order chi connectivity index (χ0) is 14.1. The summed E-state index contributed by atoms with van der Waals surface area (Å²) in [6, 6.07) is 3.60. The normalized spacial score (nSPS) is 12.2. The van der Waals surface area contributed by atoms with Crippen LogP contribution < -0.4 is 4.74 Å². The number of methoxy groups -OCH3 is 1. The average molecular weight is 272 g/mol. The van der Waals surface area contributed by atoms with Gasteiger partial charge in [0.05, 0.1) is 25.4 Å². The van der Waals surface area contributed by atoms with Crippen molar-refractivity contribution in [3.05, 3.63) is 29.6 Å². The van der Waals surface area contributed by atoms with Gasteiger partial charge in [0.1, 0.15) is 24.3 Å². The highest BCUT2D eigenvalue weighted by Gasteiger charge is 2.09. The van der Waals surface area contributed by atoms with Gasteiger partial charge >= 0.3 is 0 Å². The zero-order valence-electron chi connectivity index (χ0n) is 10.7. The SMILES string of the molecule is COCCOCC(O)COc1ccc(F)cc1C=O. The summed E-state index contributed by atoms with van der Waals surface area (Å²) in [6.07, 6.45) is -0.332. The molecule has 1 unspecified atom stereocenters. The molecule has 1 aromatic carbocycles. The molecule has 19 heavy (non-hydrogen) atoms. The van der Waals surface area contributed by atoms with Gasteiger partial charge in [0, 0.05) is 7.11 Å². The molecule has 106 valence electrons. The number of hydrogen-bond acceptors (Lipinski definition) is 5. The van der Waals surface area contributed by atoms with E-state index in [-0.39, 0.29) is 24.5 Å². The van der Waals surface area contributed by atoms with Gasteiger partial charge in [-0.3, -0.25) is 4.79 Å². The molecular formula is C13H17FO5. The van der Waals surface area contributed by atoms with Gasteiger partial charge in [-0.05, 0) is 18.2 Å². The lowest BCUT2D eigenvalue weighted by Gasteiger charge is -2.13. The summed E-state index contributed by atoms with van der Waals surface area (Å²) >= 11 is 0. The number of rotatable bonds is 9. The summed E-state index contributed by atoms with van der Waals surface area (Å²) in [4.78, 5) is 10.7. The second-order valence-corrected chi connectivity index (χ2v) is 3.83. The Morgan fingerprint density at radius 2 is 2.16 bits per heavy atom. The maximum atomic E-state index is 12.9. The van der Waals surface area contributed by atoms with Crippen molar-refractivity contribution in [2.24, 2.45) is 0 Å². The fourth-order valence-corrected chi connectivity index (χ4v) is 1.34. The zero-order valence-corrected chi connectivity index (χ0v) is 10.7. The lowest BCUT2D eigenvalue weighted by molar-refractivity contribution is -0.00427. The van der Waals surface area contributed by atoms with Crippen LogP contribution in [0.15, 0.2) is 18.2 Å². The molecule has 0 aliphatic heterocycles. The van der Waals surface area contributed by atoms with Crippen molar-refractivity contribution >= 4 is 6.29 Å². The summed E-state index contributed by atoms with van der Waals surface area (Å²) in [5, 5.41) is 9.57. The molecule has 0 aromatic heterocycles. The number of ether oxygens (including phenoxy) is 3. The number of carbonyl (C=O) groups is 1. The molecule has 1 aromatic rings. The minimum atomic E-state index is -0.832. The summed E-state index contributed by atoms with van der Waals surface area (Å²) in [7, 11) is 1.55. The number of carbonyl (C=O) groups excluding carboxylic acids is 1. The Bertz CT molecular complexity index is 397. The van der Waals surface area contributed by atoms with Gasteiger partial charge in [0.15, 0.2) is 6.29 Å². The van der Waals surface area contributed by atoms with Gasteiger partial charge in [0.2, 0.25) is 0 Å². The topological polar surface area (TPSA) is 65.0 Å². The lowest BCUT2D eigenvalue weighted by Crippen LogP contribution is -2.24. The minimum Gasteiger partial charge on any atom is -0.490 e. The molecule has 0 spiro atoms. The fraction of sp³-hybridized carbons (Fsp3) is 0.462. The molecule has 0 heterocycles. The highest BCUT2D eigenvalue weighted by atomic mass is 19.1. The van der Waals surface area contributed by atoms with Gasteiger partial charge in [-0.2, -0.15) is 0 Å². The van der Waals surface area contributed by atoms with Crippen LogP contribution in [0, 0.1) is 5.82 Å². The van der Waals surface area contributed by atoms with E-state index < -0.39 is 11.9 Å². The van der Waals surface area contributed by atoms with Gasteiger partial charge in [-0.15, -0.1) is 0 Å². The van der Waals surface area contributed by atoms with Crippen LogP contribution in [0.4, 0.5) is 4.39 Å². The Balaban J connectivity index is 2.37. The number of halogens is 1. The molecule has 0 radical (unpaired) electrons. The van der Waals surface area contributed by atoms with Crippen molar-refractivity contribution in [1.29, 1.82) is 0 Å². The first-order valence-corrected chi connectivity index (χ1v) is 5.79. The Hall–Kier alpha value is -1.50. The molecule has 1 N–H and O–H groups in total. The van der Waals surface area contributed by atoms with Crippen LogP contribution in [0.1, 0.15) is 10.4 Å². The lowest BCUT2D eigenvalue weighted by atomic mass is 10.2. The van der Waals surface area contributed by atoms with E-state index in [1.165, 1.54) is 12.1 Å². The first-order valence-electron chi connectivity index (χ1n) is 5.79. The molecule has 0 saturated carbocycles. The molecule has 0 aliphatic carbocycles. The van der Waals surface area contributed by atoms with E-state index in [2.05, 4.69) is 0 Å². The van der Waals surface area contributed by atoms with Gasteiger partial charge in [0.25, 0.3) is 0 Å². The number of aliphatic hydroxyl groups excluding tert-OH is 1. The average Bonchev–Trinajstić information content (AvgIpc) is 2.42. The van der Waals surface area contributed by atoms with Crippen LogP contribution in [0.3, 0.4) is 0 Å². The molecule has 1 atom stereocenters. The standard InChI is InChI=1S/C13H17FO5/c1-17-4-5-18-8-12(16)9-19-13-3-2-11(14)6-10(13)7-15/h2-3,6-7,12,16H,4-5,8-9H2,1H3. The third kappa shape index (κ3) is 5.78. The van der Waals surface area contributed by atoms with Gasteiger partial charge in [-0.1, -0.05) is 0 Å². The van der Waals surface area contributed by atoms with Crippen LogP contribution in [-0.4, -0.2) is 51.0 Å². The van der Waals surface area contributed by atoms with Crippen LogP contribution in [0.2, 0.25) is 0 Å². The second kappa shape index (κ2) is 8.58. The molecule has 0 amide bonds. The van der Waals surface area contributed by atoms with Crippen molar-refractivity contribution < 1.29 is 28.5 Å². The van der Waals surface area contributed by atoms with Crippen LogP contribution in [0.25, 0.3) is 0 Å². The Kier molecular flexibility index (Phi) is 7.02. The maximum absolute atomic E-state index is 12.9. The van der Waals surface area contributed by atoms with Crippen LogP contribution in [0.5, 0.6) is 5.75 Å². The molecule has 0 saturated heterocycles. The first-order chi connectivity index (χ1) is 9.17. The summed E-state index contributed by atoms with van der Waals surface area (Å²) in [5.74, 6) is -0.287. The molecule has 1 rings (SSSR count). The third-order valence-corrected chi connectivity index (χ3v) is 2.27. The Morgan fingerprint density at radius 3 is 2.84 bits per heavy atom. The smallest absolute Gasteiger partial charge is 0.153 e. The minimum absolute atomic E-state index is 0.0422. The molecule has 0 aliphatic rings. The first kappa shape index (κ1) is 15.6. The fourth-order valence-electron chi connectivity index (χ4n) is 1.34. The van der Waals surface area contributed by atoms with Crippen molar-refractivity contribution in [2.45, 2.75) is 6.10 Å². The van der Waals surface area contributed by atoms with E-state index in [1.807, 2.05) is 0 Å².